The van der Waals surface area contributed by atoms with Crippen LogP contribution in [0.25, 0.3) is 93.6 Å². The quantitative estimate of drug-likeness (QED) is 0.180. The number of hydrogen-bond acceptors (Lipinski definition) is 0. The summed E-state index contributed by atoms with van der Waals surface area (Å²) in [5, 5.41) is 7.54. The Morgan fingerprint density at radius 2 is 0.549 bits per heavy atom. The van der Waals surface area contributed by atoms with Crippen LogP contribution in [0.15, 0.2) is 188 Å². The van der Waals surface area contributed by atoms with Gasteiger partial charge in [-0.2, -0.15) is 0 Å². The highest BCUT2D eigenvalue weighted by atomic mass is 15.0. The van der Waals surface area contributed by atoms with Gasteiger partial charge in [0.25, 0.3) is 0 Å². The minimum atomic E-state index is 1.14. The molecule has 11 rings (SSSR count). The van der Waals surface area contributed by atoms with Gasteiger partial charge in [-0.1, -0.05) is 121 Å². The molecule has 0 N–H and O–H groups in total. The van der Waals surface area contributed by atoms with Crippen molar-refractivity contribution in [2.45, 2.75) is 0 Å². The summed E-state index contributed by atoms with van der Waals surface area (Å²) in [6, 6.07) is 68.5. The van der Waals surface area contributed by atoms with Crippen molar-refractivity contribution in [3.8, 4) is 28.2 Å². The van der Waals surface area contributed by atoms with E-state index in [0.29, 0.717) is 0 Å². The smallest absolute Gasteiger partial charge is 0.0561 e. The maximum atomic E-state index is 2.44. The van der Waals surface area contributed by atoms with Gasteiger partial charge in [0.05, 0.1) is 33.1 Å². The van der Waals surface area contributed by atoms with E-state index in [0.717, 1.165) is 11.4 Å². The normalized spacial score (nSPS) is 11.9. The zero-order valence-electron chi connectivity index (χ0n) is 27.7. The molecular weight excluding hydrogens is 619 g/mol. The first-order valence-corrected chi connectivity index (χ1v) is 17.5. The highest BCUT2D eigenvalue weighted by Gasteiger charge is 2.18. The summed E-state index contributed by atoms with van der Waals surface area (Å²) < 4.78 is 7.24. The molecule has 3 heteroatoms. The van der Waals surface area contributed by atoms with Crippen LogP contribution in [0, 0.1) is 0 Å². The van der Waals surface area contributed by atoms with Gasteiger partial charge < -0.3 is 13.7 Å². The molecule has 3 heterocycles. The third-order valence-corrected chi connectivity index (χ3v) is 10.6. The van der Waals surface area contributed by atoms with Gasteiger partial charge in [-0.25, -0.2) is 0 Å². The first-order valence-electron chi connectivity index (χ1n) is 17.5. The molecule has 0 fully saturated rings. The predicted octanol–water partition coefficient (Wildman–Crippen LogP) is 12.6. The fourth-order valence-electron chi connectivity index (χ4n) is 8.39. The van der Waals surface area contributed by atoms with Crippen LogP contribution in [0.1, 0.15) is 0 Å². The summed E-state index contributed by atoms with van der Waals surface area (Å²) in [6.45, 7) is 0. The van der Waals surface area contributed by atoms with E-state index < -0.39 is 0 Å². The molecule has 0 saturated heterocycles. The Morgan fingerprint density at radius 1 is 0.216 bits per heavy atom. The van der Waals surface area contributed by atoms with Crippen LogP contribution in [0.4, 0.5) is 0 Å². The Kier molecular flexibility index (Phi) is 5.96. The maximum absolute atomic E-state index is 2.44. The highest BCUT2D eigenvalue weighted by molar-refractivity contribution is 6.13. The Morgan fingerprint density at radius 3 is 1.00 bits per heavy atom. The highest BCUT2D eigenvalue weighted by Crippen LogP contribution is 2.39. The number of para-hydroxylation sites is 5. The summed E-state index contributed by atoms with van der Waals surface area (Å²) in [6.07, 6.45) is 0. The molecule has 0 atom stereocenters. The van der Waals surface area contributed by atoms with Crippen LogP contribution in [-0.4, -0.2) is 13.7 Å². The van der Waals surface area contributed by atoms with Crippen molar-refractivity contribution in [3.63, 3.8) is 0 Å². The lowest BCUT2D eigenvalue weighted by atomic mass is 10.0. The van der Waals surface area contributed by atoms with Gasteiger partial charge in [-0.05, 0) is 77.9 Å². The van der Waals surface area contributed by atoms with Gasteiger partial charge in [-0.15, -0.1) is 0 Å². The van der Waals surface area contributed by atoms with Crippen molar-refractivity contribution in [1.82, 2.24) is 13.7 Å². The molecule has 0 unspecified atom stereocenters. The number of hydrogen-bond donors (Lipinski definition) is 0. The van der Waals surface area contributed by atoms with E-state index in [4.69, 9.17) is 0 Å². The van der Waals surface area contributed by atoms with Gasteiger partial charge in [0.15, 0.2) is 0 Å². The SMILES string of the molecule is c1ccc(-n2c3ccccc3c3ccc(-c4ccc5c6ccccc6n(-c6ccc7c8ccccc8n(-c8ccccc8)c7c6)c5c4)cc32)cc1. The number of aromatic nitrogens is 3. The summed E-state index contributed by atoms with van der Waals surface area (Å²) in [4.78, 5) is 0. The van der Waals surface area contributed by atoms with Gasteiger partial charge in [0.2, 0.25) is 0 Å². The minimum Gasteiger partial charge on any atom is -0.309 e. The molecule has 8 aromatic carbocycles. The van der Waals surface area contributed by atoms with E-state index in [9.17, 15) is 0 Å². The Hall–Kier alpha value is -6.84. The van der Waals surface area contributed by atoms with E-state index in [1.165, 1.54) is 82.2 Å². The lowest BCUT2D eigenvalue weighted by Crippen LogP contribution is -1.97. The fourth-order valence-corrected chi connectivity index (χ4v) is 8.39. The summed E-state index contributed by atoms with van der Waals surface area (Å²) >= 11 is 0. The summed E-state index contributed by atoms with van der Waals surface area (Å²) in [5.74, 6) is 0. The Labute approximate surface area is 294 Å². The summed E-state index contributed by atoms with van der Waals surface area (Å²) in [5.41, 5.74) is 13.1. The van der Waals surface area contributed by atoms with E-state index in [2.05, 4.69) is 202 Å². The number of benzene rings is 8. The van der Waals surface area contributed by atoms with Crippen LogP contribution in [0.5, 0.6) is 0 Å². The predicted molar refractivity (Wildman–Crippen MR) is 215 cm³/mol. The monoisotopic (exact) mass is 649 g/mol. The van der Waals surface area contributed by atoms with Crippen molar-refractivity contribution < 1.29 is 0 Å². The van der Waals surface area contributed by atoms with Crippen LogP contribution in [0.3, 0.4) is 0 Å². The van der Waals surface area contributed by atoms with Crippen LogP contribution < -0.4 is 0 Å². The van der Waals surface area contributed by atoms with Crippen molar-refractivity contribution in [2.24, 2.45) is 0 Å². The van der Waals surface area contributed by atoms with Crippen molar-refractivity contribution in [3.05, 3.63) is 188 Å². The fraction of sp³-hybridized carbons (Fsp3) is 0. The largest absolute Gasteiger partial charge is 0.309 e. The molecule has 0 radical (unpaired) electrons. The van der Waals surface area contributed by atoms with Crippen molar-refractivity contribution in [2.75, 3.05) is 0 Å². The molecule has 3 nitrogen and oxygen atoms in total. The standard InChI is InChI=1S/C48H31N3/c1-3-13-34(14-4-1)49-43-20-10-7-17-37(43)40-26-23-32(29-46(40)49)33-24-27-41-38-18-9-12-22-45(38)51(47(41)30-33)36-25-28-42-39-19-8-11-21-44(39)50(48(42)31-36)35-15-5-2-6-16-35/h1-31H. The third-order valence-electron chi connectivity index (χ3n) is 10.6. The second kappa shape index (κ2) is 10.8. The molecule has 11 aromatic rings. The van der Waals surface area contributed by atoms with E-state index in [1.54, 1.807) is 0 Å². The molecule has 0 aliphatic carbocycles. The minimum absolute atomic E-state index is 1.14. The average Bonchev–Trinajstić information content (AvgIpc) is 3.83. The van der Waals surface area contributed by atoms with E-state index in [1.807, 2.05) is 0 Å². The number of nitrogens with zero attached hydrogens (tertiary/aromatic N) is 3. The third kappa shape index (κ3) is 4.12. The van der Waals surface area contributed by atoms with Gasteiger partial charge in [0, 0.05) is 49.4 Å². The molecule has 51 heavy (non-hydrogen) atoms. The van der Waals surface area contributed by atoms with E-state index in [-0.39, 0.29) is 0 Å². The van der Waals surface area contributed by atoms with Gasteiger partial charge >= 0.3 is 0 Å². The number of fused-ring (bicyclic) bond motifs is 9. The topological polar surface area (TPSA) is 14.8 Å². The molecule has 0 amide bonds. The van der Waals surface area contributed by atoms with Crippen LogP contribution in [-0.2, 0) is 0 Å². The molecule has 238 valence electrons. The molecule has 0 aliphatic heterocycles. The first kappa shape index (κ1) is 28.0. The lowest BCUT2D eigenvalue weighted by molar-refractivity contribution is 1.15. The Bertz CT molecular complexity index is 3120. The molecule has 0 bridgehead atoms. The maximum Gasteiger partial charge on any atom is 0.0561 e. The Balaban J connectivity index is 1.16. The van der Waals surface area contributed by atoms with Crippen LogP contribution >= 0.6 is 0 Å². The molecule has 0 spiro atoms. The molecular formula is C48H31N3. The molecule has 0 saturated carbocycles. The molecule has 0 aliphatic rings. The zero-order valence-corrected chi connectivity index (χ0v) is 27.7. The van der Waals surface area contributed by atoms with Crippen LogP contribution in [0.2, 0.25) is 0 Å². The first-order chi connectivity index (χ1) is 25.3. The number of rotatable bonds is 4. The van der Waals surface area contributed by atoms with Gasteiger partial charge in [-0.3, -0.25) is 0 Å². The van der Waals surface area contributed by atoms with Crippen molar-refractivity contribution >= 4 is 65.4 Å². The summed E-state index contributed by atoms with van der Waals surface area (Å²) in [7, 11) is 0. The second-order valence-corrected chi connectivity index (χ2v) is 13.4. The van der Waals surface area contributed by atoms with E-state index >= 15 is 0 Å². The van der Waals surface area contributed by atoms with Gasteiger partial charge in [0.1, 0.15) is 0 Å². The average molecular weight is 650 g/mol. The zero-order chi connectivity index (χ0) is 33.5. The van der Waals surface area contributed by atoms with Crippen molar-refractivity contribution in [1.29, 1.82) is 0 Å². The molecule has 3 aromatic heterocycles. The lowest BCUT2D eigenvalue weighted by Gasteiger charge is -2.12. The second-order valence-electron chi connectivity index (χ2n) is 13.4.